The third-order valence-corrected chi connectivity index (χ3v) is 13.4. The van der Waals surface area contributed by atoms with E-state index in [1.54, 1.807) is 17.5 Å². The Kier molecular flexibility index (Phi) is 8.42. The Bertz CT molecular complexity index is 2220. The number of amides is 2. The minimum Gasteiger partial charge on any atom is -0.387 e. The van der Waals surface area contributed by atoms with Crippen LogP contribution in [0.5, 0.6) is 0 Å². The van der Waals surface area contributed by atoms with Gasteiger partial charge in [0.25, 0.3) is 0 Å². The van der Waals surface area contributed by atoms with Crippen molar-refractivity contribution in [3.63, 3.8) is 0 Å². The maximum absolute atomic E-state index is 12.3. The predicted octanol–water partition coefficient (Wildman–Crippen LogP) is 5.84. The van der Waals surface area contributed by atoms with E-state index in [1.807, 2.05) is 60.4 Å². The number of rotatable bonds is 8. The number of nitrogens with one attached hydrogen (secondary N) is 2. The average molecular weight is 728 g/mol. The summed E-state index contributed by atoms with van der Waals surface area (Å²) in [5.41, 5.74) is 6.26. The van der Waals surface area contributed by atoms with Gasteiger partial charge in [-0.2, -0.15) is 5.10 Å². The van der Waals surface area contributed by atoms with Crippen LogP contribution in [0, 0.1) is 12.0 Å². The van der Waals surface area contributed by atoms with Crippen LogP contribution in [0.15, 0.2) is 55.0 Å². The molecule has 270 valence electrons. The highest BCUT2D eigenvalue weighted by molar-refractivity contribution is 7.14. The normalized spacial score (nSPS) is 24.7. The van der Waals surface area contributed by atoms with Gasteiger partial charge in [-0.25, -0.2) is 14.3 Å². The molecule has 0 spiro atoms. The van der Waals surface area contributed by atoms with Crippen LogP contribution in [-0.2, 0) is 15.0 Å². The topological polar surface area (TPSA) is 138 Å². The lowest BCUT2D eigenvalue weighted by atomic mass is 9.54. The second-order valence-electron chi connectivity index (χ2n) is 15.2. The van der Waals surface area contributed by atoms with Crippen molar-refractivity contribution >= 4 is 45.9 Å². The number of pyridine rings is 2. The lowest BCUT2D eigenvalue weighted by Gasteiger charge is -2.54. The number of fused-ring (bicyclic) bond motifs is 4. The Morgan fingerprint density at radius 1 is 0.962 bits per heavy atom. The third kappa shape index (κ3) is 6.11. The van der Waals surface area contributed by atoms with Gasteiger partial charge in [0, 0.05) is 69.7 Å². The first-order valence-electron chi connectivity index (χ1n) is 18.5. The van der Waals surface area contributed by atoms with E-state index >= 15 is 0 Å². The summed E-state index contributed by atoms with van der Waals surface area (Å²) < 4.78 is 1.82. The van der Waals surface area contributed by atoms with Crippen LogP contribution in [0.2, 0.25) is 0 Å². The second kappa shape index (κ2) is 13.3. The Hall–Kier alpha value is -5.26. The second-order valence-corrected chi connectivity index (χ2v) is 16.1. The number of aromatic nitrogens is 6. The summed E-state index contributed by atoms with van der Waals surface area (Å²) in [5, 5.41) is 21.9. The average Bonchev–Trinajstić information content (AvgIpc) is 3.87. The zero-order valence-electron chi connectivity index (χ0n) is 29.7. The first kappa shape index (κ1) is 33.6. The van der Waals surface area contributed by atoms with Crippen molar-refractivity contribution in [3.05, 3.63) is 77.0 Å². The van der Waals surface area contributed by atoms with Gasteiger partial charge in [-0.15, -0.1) is 10.2 Å². The van der Waals surface area contributed by atoms with Crippen molar-refractivity contribution in [1.82, 2.24) is 40.0 Å². The largest absolute Gasteiger partial charge is 0.387 e. The van der Waals surface area contributed by atoms with Gasteiger partial charge in [0.05, 0.1) is 41.2 Å². The standard InChI is InChI=1S/C39H41N11O2S/c1-40-26-19-27-4-6-32(50(27)44-22-26)31-20-30(41-2)29(23-42-31)36-46-47-37(53-36)39-12-9-38(10-13-39,11-14-39)24-48-15-17-49(18-16-48)33-7-3-25(21-43-33)28-5-8-34(51)45-35(28)52/h3-4,6-7,19-23,28H,5,8-18,24H2,2H3,(H,41,42)(H,45,51,52)/t28-,38?,39?/m0/s1. The van der Waals surface area contributed by atoms with Crippen LogP contribution in [0.3, 0.4) is 0 Å². The minimum absolute atomic E-state index is 0.107. The van der Waals surface area contributed by atoms with E-state index in [4.69, 9.17) is 26.7 Å². The third-order valence-electron chi connectivity index (χ3n) is 12.2. The van der Waals surface area contributed by atoms with E-state index in [0.29, 0.717) is 23.9 Å². The quantitative estimate of drug-likeness (QED) is 0.148. The van der Waals surface area contributed by atoms with Gasteiger partial charge in [0.1, 0.15) is 10.8 Å². The fourth-order valence-electron chi connectivity index (χ4n) is 9.00. The zero-order chi connectivity index (χ0) is 36.2. The molecule has 5 fully saturated rings. The van der Waals surface area contributed by atoms with E-state index in [-0.39, 0.29) is 23.1 Å². The number of anilines is 2. The Morgan fingerprint density at radius 2 is 1.77 bits per heavy atom. The molecule has 0 unspecified atom stereocenters. The molecule has 2 aliphatic heterocycles. The maximum Gasteiger partial charge on any atom is 0.234 e. The summed E-state index contributed by atoms with van der Waals surface area (Å²) in [6.45, 7) is 12.3. The fraction of sp³-hybridized carbons (Fsp3) is 0.436. The van der Waals surface area contributed by atoms with E-state index < -0.39 is 0 Å². The molecule has 1 atom stereocenters. The van der Waals surface area contributed by atoms with E-state index in [1.165, 1.54) is 19.3 Å². The van der Waals surface area contributed by atoms with Crippen LogP contribution in [0.25, 0.3) is 32.3 Å². The molecule has 2 amide bonds. The first-order chi connectivity index (χ1) is 25.8. The van der Waals surface area contributed by atoms with Gasteiger partial charge in [0.2, 0.25) is 17.5 Å². The van der Waals surface area contributed by atoms with Gasteiger partial charge >= 0.3 is 0 Å². The number of imide groups is 1. The highest BCUT2D eigenvalue weighted by Crippen LogP contribution is 2.58. The van der Waals surface area contributed by atoms with Gasteiger partial charge in [0.15, 0.2) is 5.01 Å². The van der Waals surface area contributed by atoms with Gasteiger partial charge in [-0.3, -0.25) is 24.8 Å². The molecule has 13 nitrogen and oxygen atoms in total. The monoisotopic (exact) mass is 727 g/mol. The van der Waals surface area contributed by atoms with Crippen LogP contribution < -0.4 is 15.5 Å². The molecule has 5 aromatic rings. The van der Waals surface area contributed by atoms with E-state index in [0.717, 1.165) is 102 Å². The number of hydrogen-bond acceptors (Lipinski definition) is 11. The summed E-state index contributed by atoms with van der Waals surface area (Å²) >= 11 is 1.72. The molecule has 7 heterocycles. The number of piperazine rings is 1. The Morgan fingerprint density at radius 3 is 2.49 bits per heavy atom. The molecule has 5 aliphatic rings. The molecule has 3 saturated carbocycles. The molecule has 0 radical (unpaired) electrons. The van der Waals surface area contributed by atoms with Gasteiger partial charge in [-0.1, -0.05) is 17.4 Å². The highest BCUT2D eigenvalue weighted by atomic mass is 32.1. The molecule has 2 N–H and O–H groups in total. The summed E-state index contributed by atoms with van der Waals surface area (Å²) in [6, 6.07) is 11.8. The van der Waals surface area contributed by atoms with E-state index in [9.17, 15) is 9.59 Å². The fourth-order valence-corrected chi connectivity index (χ4v) is 10.1. The molecule has 14 heteroatoms. The Balaban J connectivity index is 0.819. The number of carbonyl (C=O) groups is 2. The van der Waals surface area contributed by atoms with Crippen molar-refractivity contribution in [2.75, 3.05) is 50.0 Å². The summed E-state index contributed by atoms with van der Waals surface area (Å²) in [4.78, 5) is 41.9. The molecule has 5 aromatic heterocycles. The van der Waals surface area contributed by atoms with Crippen LogP contribution >= 0.6 is 11.3 Å². The number of hydrogen-bond donors (Lipinski definition) is 2. The molecule has 2 bridgehead atoms. The summed E-state index contributed by atoms with van der Waals surface area (Å²) in [6.07, 6.45) is 13.3. The molecule has 2 saturated heterocycles. The molecule has 3 aliphatic carbocycles. The summed E-state index contributed by atoms with van der Waals surface area (Å²) in [5.74, 6) is 0.235. The SMILES string of the molecule is [C-]#[N+]c1cnn2c(-c3cc(NC)c(-c4nnc(C56CCC(CN7CCN(c8ccc([C@@H]9CCC(=O)NC9=O)cn8)CC7)(CC5)CC6)s4)cn3)ccc2c1. The van der Waals surface area contributed by atoms with Gasteiger partial charge < -0.3 is 10.2 Å². The van der Waals surface area contributed by atoms with Crippen molar-refractivity contribution < 1.29 is 9.59 Å². The van der Waals surface area contributed by atoms with Crippen molar-refractivity contribution in [2.24, 2.45) is 5.41 Å². The van der Waals surface area contributed by atoms with Crippen LogP contribution in [0.1, 0.15) is 67.9 Å². The highest BCUT2D eigenvalue weighted by Gasteiger charge is 2.51. The number of carbonyl (C=O) groups excluding carboxylic acids is 2. The van der Waals surface area contributed by atoms with Crippen LogP contribution in [-0.4, -0.2) is 86.3 Å². The molecule has 0 aromatic carbocycles. The zero-order valence-corrected chi connectivity index (χ0v) is 30.5. The molecule has 10 rings (SSSR count). The molecule has 53 heavy (non-hydrogen) atoms. The number of nitrogens with zero attached hydrogens (tertiary/aromatic N) is 9. The summed E-state index contributed by atoms with van der Waals surface area (Å²) in [7, 11) is 1.92. The molecular formula is C39H41N11O2S. The lowest BCUT2D eigenvalue weighted by Crippen LogP contribution is -2.53. The lowest BCUT2D eigenvalue weighted by molar-refractivity contribution is -0.134. The molecular weight excluding hydrogens is 687 g/mol. The smallest absolute Gasteiger partial charge is 0.234 e. The van der Waals surface area contributed by atoms with Crippen LogP contribution in [0.4, 0.5) is 17.2 Å². The number of piperidine rings is 1. The predicted molar refractivity (Wildman–Crippen MR) is 203 cm³/mol. The minimum atomic E-state index is -0.302. The van der Waals surface area contributed by atoms with E-state index in [2.05, 4.69) is 30.4 Å². The van der Waals surface area contributed by atoms with Gasteiger partial charge in [-0.05, 0) is 86.3 Å². The van der Waals surface area contributed by atoms with Crippen molar-refractivity contribution in [2.45, 2.75) is 62.7 Å². The Labute approximate surface area is 311 Å². The maximum atomic E-state index is 12.3. The van der Waals surface area contributed by atoms with Crippen molar-refractivity contribution in [1.29, 1.82) is 0 Å². The first-order valence-corrected chi connectivity index (χ1v) is 19.3. The van der Waals surface area contributed by atoms with Crippen molar-refractivity contribution in [3.8, 4) is 22.0 Å².